The van der Waals surface area contributed by atoms with Crippen LogP contribution in [0.5, 0.6) is 0 Å². The Morgan fingerprint density at radius 2 is 1.96 bits per heavy atom. The summed E-state index contributed by atoms with van der Waals surface area (Å²) in [4.78, 5) is 16.8. The predicted molar refractivity (Wildman–Crippen MR) is 95.1 cm³/mol. The number of carbonyl (C=O) groups is 1. The lowest BCUT2D eigenvalue weighted by Gasteiger charge is -2.23. The van der Waals surface area contributed by atoms with E-state index in [2.05, 4.69) is 25.8 Å². The summed E-state index contributed by atoms with van der Waals surface area (Å²) in [5.74, 6) is 1.81. The second-order valence-corrected chi connectivity index (χ2v) is 6.68. The summed E-state index contributed by atoms with van der Waals surface area (Å²) in [5.41, 5.74) is 2.04. The average Bonchev–Trinajstić information content (AvgIpc) is 3.07. The number of H-pyrrole nitrogens is 1. The first-order valence-corrected chi connectivity index (χ1v) is 8.17. The number of carbonyl (C=O) groups excluding carboxylic acids is 1. The van der Waals surface area contributed by atoms with Crippen molar-refractivity contribution in [2.45, 2.75) is 26.2 Å². The molecule has 1 spiro atoms. The average molecular weight is 348 g/mol. The van der Waals surface area contributed by atoms with E-state index < -0.39 is 0 Å². The van der Waals surface area contributed by atoms with Gasteiger partial charge in [0.05, 0.1) is 0 Å². The molecular weight excluding hydrogens is 326 g/mol. The van der Waals surface area contributed by atoms with Gasteiger partial charge in [0, 0.05) is 17.2 Å². The maximum atomic E-state index is 12.4. The van der Waals surface area contributed by atoms with Gasteiger partial charge in [0.25, 0.3) is 0 Å². The lowest BCUT2D eigenvalue weighted by Crippen LogP contribution is -2.31. The number of nitrogens with zero attached hydrogens (tertiary/aromatic N) is 2. The van der Waals surface area contributed by atoms with Gasteiger partial charge in [0.2, 0.25) is 5.91 Å². The van der Waals surface area contributed by atoms with Crippen LogP contribution < -0.4 is 10.6 Å². The third-order valence-corrected chi connectivity index (χ3v) is 5.11. The van der Waals surface area contributed by atoms with Crippen LogP contribution in [0.4, 0.5) is 5.69 Å². The minimum atomic E-state index is 0. The Labute approximate surface area is 147 Å². The van der Waals surface area contributed by atoms with Crippen molar-refractivity contribution < 1.29 is 4.79 Å². The maximum Gasteiger partial charge on any atom is 0.228 e. The Morgan fingerprint density at radius 1 is 1.25 bits per heavy atom. The van der Waals surface area contributed by atoms with E-state index >= 15 is 0 Å². The molecule has 0 bridgehead atoms. The van der Waals surface area contributed by atoms with Crippen molar-refractivity contribution in [3.63, 3.8) is 0 Å². The molecule has 2 heterocycles. The van der Waals surface area contributed by atoms with Gasteiger partial charge in [-0.1, -0.05) is 0 Å². The maximum absolute atomic E-state index is 12.4. The number of hydrogen-bond donors (Lipinski definition) is 3. The van der Waals surface area contributed by atoms with Crippen LogP contribution in [-0.4, -0.2) is 34.2 Å². The Balaban J connectivity index is 0.00000169. The topological polar surface area (TPSA) is 82.7 Å². The van der Waals surface area contributed by atoms with Crippen molar-refractivity contribution in [2.24, 2.45) is 11.3 Å². The van der Waals surface area contributed by atoms with Crippen molar-refractivity contribution in [1.29, 1.82) is 0 Å². The minimum Gasteiger partial charge on any atom is -0.326 e. The summed E-state index contributed by atoms with van der Waals surface area (Å²) < 4.78 is 0. The van der Waals surface area contributed by atoms with E-state index in [9.17, 15) is 4.79 Å². The second kappa shape index (κ2) is 6.53. The second-order valence-electron chi connectivity index (χ2n) is 6.68. The first-order valence-electron chi connectivity index (χ1n) is 8.17. The van der Waals surface area contributed by atoms with Gasteiger partial charge in [-0.05, 0) is 69.0 Å². The Kier molecular flexibility index (Phi) is 4.60. The number of rotatable bonds is 3. The van der Waals surface area contributed by atoms with Crippen LogP contribution in [-0.2, 0) is 4.79 Å². The van der Waals surface area contributed by atoms with Crippen molar-refractivity contribution in [1.82, 2.24) is 20.5 Å². The lowest BCUT2D eigenvalue weighted by atomic mass is 9.92. The molecule has 4 rings (SSSR count). The van der Waals surface area contributed by atoms with Crippen LogP contribution in [0.25, 0.3) is 11.4 Å². The van der Waals surface area contributed by atoms with E-state index in [0.29, 0.717) is 5.82 Å². The Bertz CT molecular complexity index is 721. The molecule has 1 aliphatic carbocycles. The zero-order valence-corrected chi connectivity index (χ0v) is 14.4. The number of anilines is 1. The molecule has 3 N–H and O–H groups in total. The largest absolute Gasteiger partial charge is 0.326 e. The number of halogens is 1. The molecule has 1 aliphatic heterocycles. The van der Waals surface area contributed by atoms with Gasteiger partial charge in [-0.25, -0.2) is 4.98 Å². The van der Waals surface area contributed by atoms with Gasteiger partial charge in [0.1, 0.15) is 5.82 Å². The number of piperidine rings is 1. The van der Waals surface area contributed by atoms with Crippen LogP contribution in [0.3, 0.4) is 0 Å². The molecule has 2 aromatic rings. The highest BCUT2D eigenvalue weighted by Crippen LogP contribution is 2.58. The van der Waals surface area contributed by atoms with Crippen molar-refractivity contribution in [2.75, 3.05) is 18.4 Å². The fourth-order valence-electron chi connectivity index (χ4n) is 3.60. The monoisotopic (exact) mass is 347 g/mol. The van der Waals surface area contributed by atoms with E-state index in [1.807, 2.05) is 31.2 Å². The fourth-order valence-corrected chi connectivity index (χ4v) is 3.60. The molecule has 2 fully saturated rings. The SMILES string of the molecule is Cc1nc(-c2ccc(NC(=O)C3CC34CCNCC4)cc2)n[nH]1.Cl. The van der Waals surface area contributed by atoms with E-state index in [1.165, 1.54) is 0 Å². The molecule has 1 aromatic carbocycles. The van der Waals surface area contributed by atoms with Gasteiger partial charge in [-0.3, -0.25) is 9.89 Å². The van der Waals surface area contributed by atoms with Crippen LogP contribution in [0.1, 0.15) is 25.1 Å². The highest BCUT2D eigenvalue weighted by molar-refractivity contribution is 5.95. The number of hydrogen-bond acceptors (Lipinski definition) is 4. The Morgan fingerprint density at radius 3 is 2.58 bits per heavy atom. The molecule has 1 saturated heterocycles. The molecule has 7 heteroatoms. The molecule has 6 nitrogen and oxygen atoms in total. The van der Waals surface area contributed by atoms with Crippen molar-refractivity contribution in [3.8, 4) is 11.4 Å². The smallest absolute Gasteiger partial charge is 0.228 e. The van der Waals surface area contributed by atoms with Gasteiger partial charge in [-0.2, -0.15) is 5.10 Å². The Hall–Kier alpha value is -1.92. The van der Waals surface area contributed by atoms with Crippen molar-refractivity contribution >= 4 is 24.0 Å². The quantitative estimate of drug-likeness (QED) is 0.796. The van der Waals surface area contributed by atoms with E-state index in [4.69, 9.17) is 0 Å². The molecule has 0 radical (unpaired) electrons. The molecule has 1 amide bonds. The van der Waals surface area contributed by atoms with Crippen LogP contribution >= 0.6 is 12.4 Å². The van der Waals surface area contributed by atoms with Gasteiger partial charge in [-0.15, -0.1) is 12.4 Å². The molecule has 1 saturated carbocycles. The molecule has 1 unspecified atom stereocenters. The first kappa shape index (κ1) is 16.9. The van der Waals surface area contributed by atoms with E-state index in [1.54, 1.807) is 0 Å². The lowest BCUT2D eigenvalue weighted by molar-refractivity contribution is -0.118. The molecule has 1 atom stereocenters. The van der Waals surface area contributed by atoms with Crippen LogP contribution in [0.2, 0.25) is 0 Å². The van der Waals surface area contributed by atoms with Gasteiger partial charge in [0.15, 0.2) is 5.82 Å². The van der Waals surface area contributed by atoms with E-state index in [-0.39, 0.29) is 29.6 Å². The number of amides is 1. The molecule has 1 aromatic heterocycles. The summed E-state index contributed by atoms with van der Waals surface area (Å²) in [6.45, 7) is 3.94. The van der Waals surface area contributed by atoms with Crippen LogP contribution in [0.15, 0.2) is 24.3 Å². The van der Waals surface area contributed by atoms with Gasteiger partial charge < -0.3 is 10.6 Å². The fraction of sp³-hybridized carbons (Fsp3) is 0.471. The molecular formula is C17H22ClN5O. The summed E-state index contributed by atoms with van der Waals surface area (Å²) in [5, 5.41) is 13.4. The molecule has 24 heavy (non-hydrogen) atoms. The first-order chi connectivity index (χ1) is 11.2. The number of aryl methyl sites for hydroxylation is 1. The summed E-state index contributed by atoms with van der Waals surface area (Å²) in [7, 11) is 0. The summed E-state index contributed by atoms with van der Waals surface area (Å²) in [6, 6.07) is 7.70. The zero-order chi connectivity index (χ0) is 15.9. The number of benzene rings is 1. The number of aromatic amines is 1. The minimum absolute atomic E-state index is 0. The van der Waals surface area contributed by atoms with Crippen LogP contribution in [0, 0.1) is 18.3 Å². The number of aromatic nitrogens is 3. The highest BCUT2D eigenvalue weighted by Gasteiger charge is 2.57. The molecule has 2 aliphatic rings. The summed E-state index contributed by atoms with van der Waals surface area (Å²) >= 11 is 0. The third-order valence-electron chi connectivity index (χ3n) is 5.11. The van der Waals surface area contributed by atoms with Crippen molar-refractivity contribution in [3.05, 3.63) is 30.1 Å². The van der Waals surface area contributed by atoms with Gasteiger partial charge >= 0.3 is 0 Å². The number of nitrogens with one attached hydrogen (secondary N) is 3. The molecule has 128 valence electrons. The normalized spacial score (nSPS) is 21.1. The predicted octanol–water partition coefficient (Wildman–Crippen LogP) is 2.53. The standard InChI is InChI=1S/C17H21N5O.ClH/c1-11-19-15(22-21-11)12-2-4-13(5-3-12)20-16(23)14-10-17(14)6-8-18-9-7-17;/h2-5,14,18H,6-10H2,1H3,(H,20,23)(H,19,21,22);1H. The third kappa shape index (κ3) is 3.16. The van der Waals surface area contributed by atoms with E-state index in [0.717, 1.165) is 49.4 Å². The highest BCUT2D eigenvalue weighted by atomic mass is 35.5. The summed E-state index contributed by atoms with van der Waals surface area (Å²) in [6.07, 6.45) is 3.28. The zero-order valence-electron chi connectivity index (χ0n) is 13.6.